The van der Waals surface area contributed by atoms with Crippen molar-refractivity contribution < 1.29 is 39.3 Å². The summed E-state index contributed by atoms with van der Waals surface area (Å²) in [6.45, 7) is 4.71. The molecule has 6 atom stereocenters. The molecule has 1 aromatic rings. The van der Waals surface area contributed by atoms with E-state index in [4.69, 9.17) is 11.5 Å². The normalized spacial score (nSPS) is 15.8. The minimum Gasteiger partial charge on any atom is -0.508 e. The highest BCUT2D eigenvalue weighted by atomic mass is 16.4. The van der Waals surface area contributed by atoms with Crippen LogP contribution in [0.4, 0.5) is 0 Å². The van der Waals surface area contributed by atoms with Crippen molar-refractivity contribution in [1.82, 2.24) is 16.0 Å². The molecule has 0 aliphatic rings. The lowest BCUT2D eigenvalue weighted by atomic mass is 9.96. The zero-order chi connectivity index (χ0) is 28.3. The third-order valence-corrected chi connectivity index (χ3v) is 5.89. The van der Waals surface area contributed by atoms with Gasteiger partial charge in [0.15, 0.2) is 0 Å². The van der Waals surface area contributed by atoms with Crippen molar-refractivity contribution in [3.8, 4) is 5.75 Å². The first-order chi connectivity index (χ1) is 17.3. The zero-order valence-electron chi connectivity index (χ0n) is 21.1. The quantitative estimate of drug-likeness (QED) is 0.133. The van der Waals surface area contributed by atoms with Gasteiger partial charge in [-0.15, -0.1) is 0 Å². The average molecular weight is 524 g/mol. The van der Waals surface area contributed by atoms with Gasteiger partial charge >= 0.3 is 5.97 Å². The number of primary amides is 1. The molecule has 0 aliphatic heterocycles. The van der Waals surface area contributed by atoms with Crippen LogP contribution in [-0.2, 0) is 30.4 Å². The van der Waals surface area contributed by atoms with Gasteiger partial charge in [0, 0.05) is 12.8 Å². The highest BCUT2D eigenvalue weighted by Gasteiger charge is 2.34. The van der Waals surface area contributed by atoms with Crippen molar-refractivity contribution in [3.63, 3.8) is 0 Å². The maximum Gasteiger partial charge on any atom is 0.326 e. The summed E-state index contributed by atoms with van der Waals surface area (Å²) in [5.74, 6) is -4.82. The van der Waals surface area contributed by atoms with E-state index in [-0.39, 0.29) is 25.0 Å². The molecule has 13 nitrogen and oxygen atoms in total. The van der Waals surface area contributed by atoms with E-state index in [1.165, 1.54) is 31.2 Å². The summed E-state index contributed by atoms with van der Waals surface area (Å²) >= 11 is 0. The number of phenolic OH excluding ortho intramolecular Hbond substituents is 1. The van der Waals surface area contributed by atoms with Crippen molar-refractivity contribution in [2.45, 2.75) is 76.7 Å². The van der Waals surface area contributed by atoms with Gasteiger partial charge in [-0.05, 0) is 37.0 Å². The predicted molar refractivity (Wildman–Crippen MR) is 133 cm³/mol. The topological polar surface area (TPSA) is 234 Å². The molecule has 6 unspecified atom stereocenters. The van der Waals surface area contributed by atoms with E-state index in [1.54, 1.807) is 13.8 Å². The molecule has 0 heterocycles. The molecular formula is C24H37N5O8. The standard InChI is InChI=1S/C24H37N5O8/c1-4-12(2)19(22(34)27-17(24(36)37)11-14-5-7-15(31)8-6-14)28-23(35)20(13(3)30)29-21(33)16(25)9-10-18(26)32/h5-8,12-13,16-17,19-20,30-31H,4,9-11,25H2,1-3H3,(H2,26,32)(H,27,34)(H,28,35)(H,29,33)(H,36,37). The number of phenols is 1. The fourth-order valence-electron chi connectivity index (χ4n) is 3.37. The number of carboxylic acids is 1. The summed E-state index contributed by atoms with van der Waals surface area (Å²) in [6, 6.07) is 0.692. The molecule has 1 rings (SSSR count). The molecule has 0 aromatic heterocycles. The van der Waals surface area contributed by atoms with Crippen LogP contribution in [0.25, 0.3) is 0 Å². The van der Waals surface area contributed by atoms with Crippen LogP contribution in [0.15, 0.2) is 24.3 Å². The number of rotatable bonds is 15. The molecule has 0 spiro atoms. The highest BCUT2D eigenvalue weighted by molar-refractivity contribution is 5.94. The highest BCUT2D eigenvalue weighted by Crippen LogP contribution is 2.13. The molecule has 37 heavy (non-hydrogen) atoms. The van der Waals surface area contributed by atoms with Gasteiger partial charge in [-0.3, -0.25) is 19.2 Å². The van der Waals surface area contributed by atoms with E-state index < -0.39 is 65.8 Å². The second kappa shape index (κ2) is 14.8. The Bertz CT molecular complexity index is 953. The third-order valence-electron chi connectivity index (χ3n) is 5.89. The Morgan fingerprint density at radius 1 is 0.919 bits per heavy atom. The van der Waals surface area contributed by atoms with Gasteiger partial charge in [0.25, 0.3) is 0 Å². The molecule has 4 amide bonds. The van der Waals surface area contributed by atoms with Gasteiger partial charge in [-0.1, -0.05) is 32.4 Å². The van der Waals surface area contributed by atoms with Crippen LogP contribution >= 0.6 is 0 Å². The number of carbonyl (C=O) groups is 5. The lowest BCUT2D eigenvalue weighted by Crippen LogP contribution is -2.61. The SMILES string of the molecule is CCC(C)C(NC(=O)C(NC(=O)C(N)CCC(N)=O)C(C)O)C(=O)NC(Cc1ccc(O)cc1)C(=O)O. The van der Waals surface area contributed by atoms with Crippen molar-refractivity contribution in [1.29, 1.82) is 0 Å². The van der Waals surface area contributed by atoms with Gasteiger partial charge in [-0.2, -0.15) is 0 Å². The number of carbonyl (C=O) groups excluding carboxylic acids is 4. The Balaban J connectivity index is 2.99. The third kappa shape index (κ3) is 10.4. The number of aliphatic hydroxyl groups excluding tert-OH is 1. The van der Waals surface area contributed by atoms with E-state index in [1.807, 2.05) is 0 Å². The van der Waals surface area contributed by atoms with Gasteiger partial charge in [-0.25, -0.2) is 4.79 Å². The molecule has 0 saturated heterocycles. The number of hydrogen-bond acceptors (Lipinski definition) is 8. The lowest BCUT2D eigenvalue weighted by molar-refractivity contribution is -0.142. The van der Waals surface area contributed by atoms with Crippen LogP contribution in [-0.4, -0.2) is 75.2 Å². The Kier molecular flexibility index (Phi) is 12.5. The molecule has 0 fully saturated rings. The monoisotopic (exact) mass is 523 g/mol. The number of hydrogen-bond donors (Lipinski definition) is 8. The number of aromatic hydroxyl groups is 1. The number of aliphatic hydroxyl groups is 1. The maximum absolute atomic E-state index is 13.1. The molecular weight excluding hydrogens is 486 g/mol. The lowest BCUT2D eigenvalue weighted by Gasteiger charge is -2.29. The molecule has 0 bridgehead atoms. The second-order valence-electron chi connectivity index (χ2n) is 8.98. The number of amides is 4. The summed E-state index contributed by atoms with van der Waals surface area (Å²) < 4.78 is 0. The number of nitrogens with one attached hydrogen (secondary N) is 3. The van der Waals surface area contributed by atoms with Gasteiger partial charge in [0.05, 0.1) is 12.1 Å². The van der Waals surface area contributed by atoms with Gasteiger partial charge in [0.1, 0.15) is 23.9 Å². The largest absolute Gasteiger partial charge is 0.508 e. The zero-order valence-corrected chi connectivity index (χ0v) is 21.1. The Morgan fingerprint density at radius 3 is 1.95 bits per heavy atom. The second-order valence-corrected chi connectivity index (χ2v) is 8.98. The van der Waals surface area contributed by atoms with Crippen molar-refractivity contribution in [2.75, 3.05) is 0 Å². The molecule has 0 saturated carbocycles. The van der Waals surface area contributed by atoms with Crippen LogP contribution in [0, 0.1) is 5.92 Å². The Hall–Kier alpha value is -3.71. The molecule has 0 aliphatic carbocycles. The predicted octanol–water partition coefficient (Wildman–Crippen LogP) is -1.51. The average Bonchev–Trinajstić information content (AvgIpc) is 2.83. The first kappa shape index (κ1) is 31.3. The number of nitrogens with two attached hydrogens (primary N) is 2. The number of benzene rings is 1. The van der Waals surface area contributed by atoms with Crippen LogP contribution in [0.5, 0.6) is 5.75 Å². The molecule has 10 N–H and O–H groups in total. The summed E-state index contributed by atoms with van der Waals surface area (Å²) in [5.41, 5.74) is 11.3. The Morgan fingerprint density at radius 2 is 1.46 bits per heavy atom. The number of aliphatic carboxylic acids is 1. The fourth-order valence-corrected chi connectivity index (χ4v) is 3.37. The van der Waals surface area contributed by atoms with E-state index in [0.717, 1.165) is 0 Å². The van der Waals surface area contributed by atoms with E-state index in [2.05, 4.69) is 16.0 Å². The summed E-state index contributed by atoms with van der Waals surface area (Å²) in [4.78, 5) is 61.1. The maximum atomic E-state index is 13.1. The molecule has 0 radical (unpaired) electrons. The van der Waals surface area contributed by atoms with Gasteiger partial charge < -0.3 is 42.7 Å². The summed E-state index contributed by atoms with van der Waals surface area (Å²) in [6.07, 6.45) is -1.21. The summed E-state index contributed by atoms with van der Waals surface area (Å²) in [5, 5.41) is 36.4. The van der Waals surface area contributed by atoms with Gasteiger partial charge in [0.2, 0.25) is 23.6 Å². The van der Waals surface area contributed by atoms with Crippen molar-refractivity contribution >= 4 is 29.6 Å². The molecule has 1 aromatic carbocycles. The Labute approximate surface area is 215 Å². The van der Waals surface area contributed by atoms with Crippen molar-refractivity contribution in [3.05, 3.63) is 29.8 Å². The van der Waals surface area contributed by atoms with Crippen LogP contribution < -0.4 is 27.4 Å². The minimum absolute atomic E-state index is 0.00721. The smallest absolute Gasteiger partial charge is 0.326 e. The van der Waals surface area contributed by atoms with Crippen LogP contribution in [0.1, 0.15) is 45.6 Å². The number of carboxylic acid groups (broad SMARTS) is 1. The molecule has 13 heteroatoms. The van der Waals surface area contributed by atoms with Crippen molar-refractivity contribution in [2.24, 2.45) is 17.4 Å². The first-order valence-corrected chi connectivity index (χ1v) is 11.9. The van der Waals surface area contributed by atoms with E-state index in [0.29, 0.717) is 12.0 Å². The van der Waals surface area contributed by atoms with E-state index in [9.17, 15) is 39.3 Å². The van der Waals surface area contributed by atoms with E-state index >= 15 is 0 Å². The minimum atomic E-state index is -1.47. The van der Waals surface area contributed by atoms with Crippen LogP contribution in [0.2, 0.25) is 0 Å². The first-order valence-electron chi connectivity index (χ1n) is 11.9. The summed E-state index contributed by atoms with van der Waals surface area (Å²) in [7, 11) is 0. The molecule has 206 valence electrons. The fraction of sp³-hybridized carbons (Fsp3) is 0.542. The van der Waals surface area contributed by atoms with Crippen LogP contribution in [0.3, 0.4) is 0 Å².